The van der Waals surface area contributed by atoms with Crippen molar-refractivity contribution in [1.29, 1.82) is 0 Å². The molecule has 0 aliphatic carbocycles. The van der Waals surface area contributed by atoms with E-state index in [-0.39, 0.29) is 25.5 Å². The molecule has 2 heterocycles. The second-order valence-electron chi connectivity index (χ2n) is 6.18. The third-order valence-corrected chi connectivity index (χ3v) is 4.34. The van der Waals surface area contributed by atoms with Crippen molar-refractivity contribution in [2.75, 3.05) is 37.7 Å². The summed E-state index contributed by atoms with van der Waals surface area (Å²) in [5.74, 6) is -0.595. The number of hydrogen-bond acceptors (Lipinski definition) is 6. The fraction of sp³-hybridized carbons (Fsp3) is 0.562. The van der Waals surface area contributed by atoms with E-state index in [0.29, 0.717) is 31.6 Å². The van der Waals surface area contributed by atoms with Crippen LogP contribution in [0.5, 0.6) is 5.75 Å². The molecule has 8 heteroatoms. The lowest BCUT2D eigenvalue weighted by Gasteiger charge is -2.32. The van der Waals surface area contributed by atoms with Crippen molar-refractivity contribution in [1.82, 2.24) is 5.32 Å². The second kappa shape index (κ2) is 6.92. The van der Waals surface area contributed by atoms with Crippen molar-refractivity contribution in [3.05, 3.63) is 24.0 Å². The predicted molar refractivity (Wildman–Crippen MR) is 83.6 cm³/mol. The molecule has 3 N–H and O–H groups in total. The maximum absolute atomic E-state index is 14.2. The summed E-state index contributed by atoms with van der Waals surface area (Å²) >= 11 is 0. The van der Waals surface area contributed by atoms with Gasteiger partial charge in [-0.25, -0.2) is 9.18 Å². The third-order valence-electron chi connectivity index (χ3n) is 4.34. The number of hydrogen-bond donors (Lipinski definition) is 3. The van der Waals surface area contributed by atoms with Crippen molar-refractivity contribution >= 4 is 11.8 Å². The fourth-order valence-electron chi connectivity index (χ4n) is 2.85. The van der Waals surface area contributed by atoms with Crippen molar-refractivity contribution in [3.8, 4) is 5.75 Å². The van der Waals surface area contributed by atoms with E-state index in [9.17, 15) is 14.3 Å². The Morgan fingerprint density at radius 1 is 1.42 bits per heavy atom. The van der Waals surface area contributed by atoms with Crippen LogP contribution < -0.4 is 15.0 Å². The Balaban J connectivity index is 1.65. The van der Waals surface area contributed by atoms with Crippen molar-refractivity contribution in [3.63, 3.8) is 0 Å². The SMILES string of the molecule is O=C1O[C@@H](CO)CN1c1ccc(OCC2(O)CCNCC2)c(F)c1. The van der Waals surface area contributed by atoms with Gasteiger partial charge in [-0.15, -0.1) is 0 Å². The first kappa shape index (κ1) is 16.9. The van der Waals surface area contributed by atoms with Crippen LogP contribution in [0.4, 0.5) is 14.9 Å². The van der Waals surface area contributed by atoms with E-state index >= 15 is 0 Å². The van der Waals surface area contributed by atoms with Gasteiger partial charge in [-0.2, -0.15) is 0 Å². The molecule has 0 saturated carbocycles. The van der Waals surface area contributed by atoms with Crippen molar-refractivity contribution < 1.29 is 28.9 Å². The molecular formula is C16H21FN2O5. The van der Waals surface area contributed by atoms with Crippen LogP contribution in [0.1, 0.15) is 12.8 Å². The minimum Gasteiger partial charge on any atom is -0.488 e. The Bertz CT molecular complexity index is 606. The first-order chi connectivity index (χ1) is 11.5. The standard InChI is InChI=1S/C16H21FN2O5/c17-13-7-11(19-8-12(9-20)24-15(19)21)1-2-14(13)23-10-16(22)3-5-18-6-4-16/h1-2,7,12,18,20,22H,3-6,8-10H2/t12-/m1/s1. The van der Waals surface area contributed by atoms with Gasteiger partial charge in [-0.1, -0.05) is 0 Å². The summed E-state index contributed by atoms with van der Waals surface area (Å²) in [6, 6.07) is 4.16. The highest BCUT2D eigenvalue weighted by molar-refractivity contribution is 5.89. The van der Waals surface area contributed by atoms with E-state index in [1.165, 1.54) is 17.0 Å². The number of benzene rings is 1. The van der Waals surface area contributed by atoms with E-state index in [1.807, 2.05) is 0 Å². The molecule has 0 bridgehead atoms. The summed E-state index contributed by atoms with van der Waals surface area (Å²) < 4.78 is 24.6. The number of nitrogens with one attached hydrogen (secondary N) is 1. The minimum atomic E-state index is -0.955. The van der Waals surface area contributed by atoms with Crippen LogP contribution in [0.2, 0.25) is 0 Å². The first-order valence-electron chi connectivity index (χ1n) is 7.95. The van der Waals surface area contributed by atoms with E-state index in [0.717, 1.165) is 0 Å². The fourth-order valence-corrected chi connectivity index (χ4v) is 2.85. The summed E-state index contributed by atoms with van der Waals surface area (Å²) in [6.45, 7) is 1.30. The molecule has 0 radical (unpaired) electrons. The van der Waals surface area contributed by atoms with Crippen LogP contribution in [-0.2, 0) is 4.74 Å². The summed E-state index contributed by atoms with van der Waals surface area (Å²) in [4.78, 5) is 13.0. The van der Waals surface area contributed by atoms with Crippen LogP contribution >= 0.6 is 0 Å². The molecule has 3 rings (SSSR count). The Labute approximate surface area is 139 Å². The normalized spacial score (nSPS) is 23.2. The first-order valence-corrected chi connectivity index (χ1v) is 7.95. The van der Waals surface area contributed by atoms with E-state index in [1.54, 1.807) is 6.07 Å². The summed E-state index contributed by atoms with van der Waals surface area (Å²) in [7, 11) is 0. The number of aliphatic hydroxyl groups is 2. The molecule has 1 atom stereocenters. The molecule has 0 unspecified atom stereocenters. The maximum atomic E-state index is 14.2. The van der Waals surface area contributed by atoms with Gasteiger partial charge in [-0.05, 0) is 38.1 Å². The average Bonchev–Trinajstić information content (AvgIpc) is 2.95. The van der Waals surface area contributed by atoms with Crippen LogP contribution in [0.25, 0.3) is 0 Å². The van der Waals surface area contributed by atoms with Gasteiger partial charge in [0.25, 0.3) is 0 Å². The van der Waals surface area contributed by atoms with Gasteiger partial charge in [-0.3, -0.25) is 4.90 Å². The average molecular weight is 340 g/mol. The largest absolute Gasteiger partial charge is 0.488 e. The van der Waals surface area contributed by atoms with E-state index < -0.39 is 23.6 Å². The lowest BCUT2D eigenvalue weighted by Crippen LogP contribution is -2.46. The van der Waals surface area contributed by atoms with Gasteiger partial charge in [0.05, 0.1) is 18.8 Å². The molecule has 1 aromatic carbocycles. The second-order valence-corrected chi connectivity index (χ2v) is 6.18. The zero-order valence-corrected chi connectivity index (χ0v) is 13.2. The van der Waals surface area contributed by atoms with E-state index in [2.05, 4.69) is 5.32 Å². The molecule has 1 amide bonds. The molecule has 1 aromatic rings. The number of cyclic esters (lactones) is 1. The number of anilines is 1. The van der Waals surface area contributed by atoms with Crippen molar-refractivity contribution in [2.45, 2.75) is 24.5 Å². The number of amides is 1. The van der Waals surface area contributed by atoms with Gasteiger partial charge in [0.1, 0.15) is 18.3 Å². The van der Waals surface area contributed by atoms with Crippen molar-refractivity contribution in [2.24, 2.45) is 0 Å². The van der Waals surface area contributed by atoms with E-state index in [4.69, 9.17) is 14.6 Å². The number of nitrogens with zero attached hydrogens (tertiary/aromatic N) is 1. The molecule has 2 fully saturated rings. The number of aliphatic hydroxyl groups excluding tert-OH is 1. The monoisotopic (exact) mass is 340 g/mol. The van der Waals surface area contributed by atoms with Gasteiger partial charge >= 0.3 is 6.09 Å². The van der Waals surface area contributed by atoms with Crippen LogP contribution in [0, 0.1) is 5.82 Å². The topological polar surface area (TPSA) is 91.3 Å². The Morgan fingerprint density at radius 3 is 2.79 bits per heavy atom. The number of piperidine rings is 1. The zero-order chi connectivity index (χ0) is 17.2. The third kappa shape index (κ3) is 3.61. The molecule has 132 valence electrons. The number of rotatable bonds is 5. The van der Waals surface area contributed by atoms with Gasteiger partial charge in [0, 0.05) is 6.07 Å². The molecular weight excluding hydrogens is 319 g/mol. The van der Waals surface area contributed by atoms with Gasteiger partial charge in [0.2, 0.25) is 0 Å². The zero-order valence-electron chi connectivity index (χ0n) is 13.2. The lowest BCUT2D eigenvalue weighted by molar-refractivity contribution is -0.0294. The molecule has 2 aliphatic heterocycles. The molecule has 0 aromatic heterocycles. The highest BCUT2D eigenvalue weighted by Gasteiger charge is 2.33. The molecule has 2 saturated heterocycles. The molecule has 0 spiro atoms. The summed E-state index contributed by atoms with van der Waals surface area (Å²) in [5.41, 5.74) is -0.620. The van der Waals surface area contributed by atoms with Gasteiger partial charge in [0.15, 0.2) is 11.6 Å². The minimum absolute atomic E-state index is 0.0172. The number of carbonyl (C=O) groups excluding carboxylic acids is 1. The van der Waals surface area contributed by atoms with Crippen LogP contribution in [0.3, 0.4) is 0 Å². The Hall–Kier alpha value is -1.90. The summed E-state index contributed by atoms with van der Waals surface area (Å²) in [5, 5.41) is 22.5. The maximum Gasteiger partial charge on any atom is 0.414 e. The summed E-state index contributed by atoms with van der Waals surface area (Å²) in [6.07, 6.45) is -0.124. The van der Waals surface area contributed by atoms with Gasteiger partial charge < -0.3 is 25.0 Å². The molecule has 2 aliphatic rings. The highest BCUT2D eigenvalue weighted by atomic mass is 19.1. The van der Waals surface area contributed by atoms with Crippen LogP contribution in [0.15, 0.2) is 18.2 Å². The predicted octanol–water partition coefficient (Wildman–Crippen LogP) is 0.637. The lowest BCUT2D eigenvalue weighted by atomic mass is 9.93. The smallest absolute Gasteiger partial charge is 0.414 e. The quantitative estimate of drug-likeness (QED) is 0.729. The Morgan fingerprint density at radius 2 is 2.17 bits per heavy atom. The number of ether oxygens (including phenoxy) is 2. The number of halogens is 1. The van der Waals surface area contributed by atoms with Crippen LogP contribution in [-0.4, -0.2) is 60.9 Å². The molecule has 24 heavy (non-hydrogen) atoms. The molecule has 7 nitrogen and oxygen atoms in total. The number of carbonyl (C=O) groups is 1. The Kier molecular flexibility index (Phi) is 4.88. The highest BCUT2D eigenvalue weighted by Crippen LogP contribution is 2.28.